The molecule has 2 aliphatic heterocycles. The Kier molecular flexibility index (Phi) is 8.15. The van der Waals surface area contributed by atoms with Gasteiger partial charge in [0, 0.05) is 75.3 Å². The molecule has 0 aliphatic carbocycles. The maximum absolute atomic E-state index is 14.9. The van der Waals surface area contributed by atoms with Crippen LogP contribution in [0.1, 0.15) is 47.2 Å². The fourth-order valence-electron chi connectivity index (χ4n) is 5.15. The van der Waals surface area contributed by atoms with Crippen molar-refractivity contribution in [2.45, 2.75) is 44.4 Å². The Bertz CT molecular complexity index is 1260. The van der Waals surface area contributed by atoms with Crippen LogP contribution in [-0.4, -0.2) is 54.1 Å². The first kappa shape index (κ1) is 25.7. The van der Waals surface area contributed by atoms with Crippen molar-refractivity contribution in [2.24, 2.45) is 0 Å². The van der Waals surface area contributed by atoms with Crippen molar-refractivity contribution >= 4 is 11.6 Å². The molecule has 38 heavy (non-hydrogen) atoms. The molecule has 5 rings (SSSR count). The Labute approximate surface area is 222 Å². The number of hydrogen-bond acceptors (Lipinski definition) is 6. The molecular formula is C30H32FN5O2. The predicted octanol–water partition coefficient (Wildman–Crippen LogP) is 4.53. The van der Waals surface area contributed by atoms with Crippen molar-refractivity contribution in [1.82, 2.24) is 15.2 Å². The van der Waals surface area contributed by atoms with Crippen molar-refractivity contribution in [3.05, 3.63) is 89.5 Å². The SMILES string of the molecule is N#Cc1ccc(N2CCC(Oc3ccc(C(=O)NC4CCN(Cc5ccncc5)CC4)cc3F)CC2)cc1. The van der Waals surface area contributed by atoms with Gasteiger partial charge in [-0.2, -0.15) is 5.26 Å². The Morgan fingerprint density at radius 2 is 1.71 bits per heavy atom. The first-order valence-electron chi connectivity index (χ1n) is 13.2. The molecular weight excluding hydrogens is 481 g/mol. The van der Waals surface area contributed by atoms with Crippen molar-refractivity contribution in [1.29, 1.82) is 5.26 Å². The van der Waals surface area contributed by atoms with E-state index in [1.807, 2.05) is 36.4 Å². The average molecular weight is 514 g/mol. The van der Waals surface area contributed by atoms with E-state index in [1.165, 1.54) is 11.6 Å². The van der Waals surface area contributed by atoms with Crippen LogP contribution in [0.15, 0.2) is 67.0 Å². The van der Waals surface area contributed by atoms with Gasteiger partial charge in [-0.3, -0.25) is 14.7 Å². The molecule has 3 heterocycles. The minimum Gasteiger partial charge on any atom is -0.487 e. The second-order valence-corrected chi connectivity index (χ2v) is 9.99. The number of nitrogens with one attached hydrogen (secondary N) is 1. The fourth-order valence-corrected chi connectivity index (χ4v) is 5.15. The van der Waals surface area contributed by atoms with Crippen LogP contribution in [0.4, 0.5) is 10.1 Å². The van der Waals surface area contributed by atoms with Crippen molar-refractivity contribution < 1.29 is 13.9 Å². The summed E-state index contributed by atoms with van der Waals surface area (Å²) < 4.78 is 20.8. The van der Waals surface area contributed by atoms with Gasteiger partial charge < -0.3 is 15.0 Å². The Hall–Kier alpha value is -3.96. The number of aromatic nitrogens is 1. The molecule has 8 heteroatoms. The third kappa shape index (κ3) is 6.48. The van der Waals surface area contributed by atoms with Crippen molar-refractivity contribution in [2.75, 3.05) is 31.1 Å². The second-order valence-electron chi connectivity index (χ2n) is 9.99. The van der Waals surface area contributed by atoms with Gasteiger partial charge in [0.05, 0.1) is 11.6 Å². The molecule has 0 atom stereocenters. The summed E-state index contributed by atoms with van der Waals surface area (Å²) in [6.45, 7) is 4.27. The highest BCUT2D eigenvalue weighted by Crippen LogP contribution is 2.26. The number of nitriles is 1. The summed E-state index contributed by atoms with van der Waals surface area (Å²) in [5.74, 6) is -0.583. The number of ether oxygens (including phenoxy) is 1. The van der Waals surface area contributed by atoms with Crippen LogP contribution >= 0.6 is 0 Å². The minimum atomic E-state index is -0.514. The van der Waals surface area contributed by atoms with Gasteiger partial charge in [0.15, 0.2) is 11.6 Å². The highest BCUT2D eigenvalue weighted by Gasteiger charge is 2.24. The van der Waals surface area contributed by atoms with Gasteiger partial charge in [-0.15, -0.1) is 0 Å². The number of nitrogens with zero attached hydrogens (tertiary/aromatic N) is 4. The lowest BCUT2D eigenvalue weighted by molar-refractivity contribution is 0.0908. The number of pyridine rings is 1. The molecule has 1 amide bonds. The minimum absolute atomic E-state index is 0.0801. The molecule has 1 N–H and O–H groups in total. The zero-order valence-electron chi connectivity index (χ0n) is 21.4. The highest BCUT2D eigenvalue weighted by molar-refractivity contribution is 5.94. The lowest BCUT2D eigenvalue weighted by Gasteiger charge is -2.33. The summed E-state index contributed by atoms with van der Waals surface area (Å²) in [6, 6.07) is 18.3. The molecule has 0 bridgehead atoms. The predicted molar refractivity (Wildman–Crippen MR) is 143 cm³/mol. The molecule has 7 nitrogen and oxygen atoms in total. The number of carbonyl (C=O) groups excluding carboxylic acids is 1. The molecule has 2 aromatic carbocycles. The number of hydrogen-bond donors (Lipinski definition) is 1. The number of rotatable bonds is 7. The van der Waals surface area contributed by atoms with Crippen LogP contribution in [-0.2, 0) is 6.54 Å². The smallest absolute Gasteiger partial charge is 0.251 e. The normalized spacial score (nSPS) is 17.1. The van der Waals surface area contributed by atoms with E-state index in [1.54, 1.807) is 24.5 Å². The molecule has 2 saturated heterocycles. The summed E-state index contributed by atoms with van der Waals surface area (Å²) >= 11 is 0. The quantitative estimate of drug-likeness (QED) is 0.500. The van der Waals surface area contributed by atoms with Crippen LogP contribution < -0.4 is 15.0 Å². The lowest BCUT2D eigenvalue weighted by atomic mass is 10.0. The van der Waals surface area contributed by atoms with E-state index in [4.69, 9.17) is 10.00 Å². The van der Waals surface area contributed by atoms with Gasteiger partial charge in [-0.05, 0) is 73.0 Å². The largest absolute Gasteiger partial charge is 0.487 e. The Morgan fingerprint density at radius 1 is 1.00 bits per heavy atom. The topological polar surface area (TPSA) is 81.5 Å². The molecule has 0 unspecified atom stereocenters. The zero-order valence-corrected chi connectivity index (χ0v) is 21.4. The monoisotopic (exact) mass is 513 g/mol. The van der Waals surface area contributed by atoms with E-state index in [-0.39, 0.29) is 23.8 Å². The number of halogens is 1. The Balaban J connectivity index is 1.08. The van der Waals surface area contributed by atoms with Gasteiger partial charge in [0.2, 0.25) is 0 Å². The van der Waals surface area contributed by atoms with Gasteiger partial charge in [0.25, 0.3) is 5.91 Å². The Morgan fingerprint density at radius 3 is 2.37 bits per heavy atom. The number of benzene rings is 2. The van der Waals surface area contributed by atoms with E-state index in [9.17, 15) is 9.18 Å². The molecule has 196 valence electrons. The standard InChI is InChI=1S/C30H32FN5O2/c31-28-19-24(30(37)34-25-9-15-35(16-10-25)21-23-7-13-33-14-8-23)3-6-29(28)38-27-11-17-36(18-12-27)26-4-1-22(20-32)2-5-26/h1-8,13-14,19,25,27H,9-12,15-18,21H2,(H,34,37). The number of anilines is 1. The van der Waals surface area contributed by atoms with Crippen LogP contribution in [0, 0.1) is 17.1 Å². The molecule has 0 saturated carbocycles. The molecule has 3 aromatic rings. The van der Waals surface area contributed by atoms with Crippen LogP contribution in [0.2, 0.25) is 0 Å². The van der Waals surface area contributed by atoms with Crippen LogP contribution in [0.5, 0.6) is 5.75 Å². The first-order valence-corrected chi connectivity index (χ1v) is 13.2. The summed E-state index contributed by atoms with van der Waals surface area (Å²) in [6.07, 6.45) is 6.78. The van der Waals surface area contributed by atoms with Crippen LogP contribution in [0.25, 0.3) is 0 Å². The average Bonchev–Trinajstić information content (AvgIpc) is 2.96. The van der Waals surface area contributed by atoms with Gasteiger partial charge >= 0.3 is 0 Å². The first-order chi connectivity index (χ1) is 18.6. The molecule has 0 radical (unpaired) electrons. The van der Waals surface area contributed by atoms with E-state index in [0.717, 1.165) is 64.1 Å². The molecule has 0 spiro atoms. The number of likely N-dealkylation sites (tertiary alicyclic amines) is 1. The second kappa shape index (κ2) is 12.1. The van der Waals surface area contributed by atoms with Crippen molar-refractivity contribution in [3.8, 4) is 11.8 Å². The van der Waals surface area contributed by atoms with Crippen molar-refractivity contribution in [3.63, 3.8) is 0 Å². The number of amides is 1. The highest BCUT2D eigenvalue weighted by atomic mass is 19.1. The maximum atomic E-state index is 14.9. The zero-order chi connectivity index (χ0) is 26.3. The van der Waals surface area contributed by atoms with Crippen LogP contribution in [0.3, 0.4) is 0 Å². The maximum Gasteiger partial charge on any atom is 0.251 e. The van der Waals surface area contributed by atoms with E-state index >= 15 is 0 Å². The molecule has 1 aromatic heterocycles. The summed E-state index contributed by atoms with van der Waals surface area (Å²) in [4.78, 5) is 21.5. The van der Waals surface area contributed by atoms with E-state index in [2.05, 4.69) is 26.2 Å². The molecule has 2 fully saturated rings. The summed E-state index contributed by atoms with van der Waals surface area (Å²) in [5, 5.41) is 12.0. The van der Waals surface area contributed by atoms with E-state index < -0.39 is 5.82 Å². The summed E-state index contributed by atoms with van der Waals surface area (Å²) in [5.41, 5.74) is 3.26. The van der Waals surface area contributed by atoms with Gasteiger partial charge in [-0.1, -0.05) is 0 Å². The number of piperidine rings is 2. The third-order valence-electron chi connectivity index (χ3n) is 7.37. The fraction of sp³-hybridized carbons (Fsp3) is 0.367. The van der Waals surface area contributed by atoms with Gasteiger partial charge in [0.1, 0.15) is 6.10 Å². The third-order valence-corrected chi connectivity index (χ3v) is 7.37. The lowest BCUT2D eigenvalue weighted by Crippen LogP contribution is -2.44. The summed E-state index contributed by atoms with van der Waals surface area (Å²) in [7, 11) is 0. The number of carbonyl (C=O) groups is 1. The molecule has 2 aliphatic rings. The van der Waals surface area contributed by atoms with Gasteiger partial charge in [-0.25, -0.2) is 4.39 Å². The van der Waals surface area contributed by atoms with E-state index in [0.29, 0.717) is 11.1 Å².